The average molecular weight is 231 g/mol. The molecule has 0 N–H and O–H groups in total. The Morgan fingerprint density at radius 3 is 2.59 bits per heavy atom. The molecule has 1 aliphatic rings. The van der Waals surface area contributed by atoms with Crippen molar-refractivity contribution in [1.29, 1.82) is 5.26 Å². The fourth-order valence-electron chi connectivity index (χ4n) is 2.84. The second kappa shape index (κ2) is 5.35. The maximum Gasteiger partial charge on any atom is 0.0689 e. The highest BCUT2D eigenvalue weighted by atomic mass is 15.2. The second-order valence-electron chi connectivity index (χ2n) is 5.25. The van der Waals surface area contributed by atoms with Gasteiger partial charge < -0.3 is 0 Å². The average Bonchev–Trinajstić information content (AvgIpc) is 2.63. The summed E-state index contributed by atoms with van der Waals surface area (Å²) >= 11 is 0. The van der Waals surface area contributed by atoms with Gasteiger partial charge in [-0.2, -0.15) is 10.4 Å². The van der Waals surface area contributed by atoms with Crippen molar-refractivity contribution in [2.24, 2.45) is 12.5 Å². The molecule has 0 aromatic carbocycles. The zero-order chi connectivity index (χ0) is 12.1. The summed E-state index contributed by atoms with van der Waals surface area (Å²) in [6.07, 6.45) is 11.0. The largest absolute Gasteiger partial charge is 0.273 e. The van der Waals surface area contributed by atoms with Crippen molar-refractivity contribution in [2.75, 3.05) is 0 Å². The van der Waals surface area contributed by atoms with Gasteiger partial charge in [0.25, 0.3) is 0 Å². The minimum atomic E-state index is -0.0687. The Hall–Kier alpha value is -1.30. The van der Waals surface area contributed by atoms with Crippen LogP contribution >= 0.6 is 0 Å². The monoisotopic (exact) mass is 231 g/mol. The summed E-state index contributed by atoms with van der Waals surface area (Å²) in [7, 11) is 1.97. The van der Waals surface area contributed by atoms with Crippen molar-refractivity contribution in [1.82, 2.24) is 9.78 Å². The molecule has 1 aromatic heterocycles. The van der Waals surface area contributed by atoms with Crippen LogP contribution in [0, 0.1) is 16.7 Å². The molecular formula is C14H21N3. The molecule has 1 aromatic rings. The van der Waals surface area contributed by atoms with Crippen molar-refractivity contribution in [3.63, 3.8) is 0 Å². The normalized spacial score (nSPS) is 19.5. The number of nitriles is 1. The first kappa shape index (κ1) is 12.2. The topological polar surface area (TPSA) is 41.6 Å². The van der Waals surface area contributed by atoms with Gasteiger partial charge in [0.1, 0.15) is 0 Å². The molecule has 3 heteroatoms. The van der Waals surface area contributed by atoms with Crippen LogP contribution in [-0.4, -0.2) is 9.78 Å². The molecule has 17 heavy (non-hydrogen) atoms. The third-order valence-corrected chi connectivity index (χ3v) is 4.08. The van der Waals surface area contributed by atoms with Crippen molar-refractivity contribution in [3.05, 3.63) is 18.0 Å². The highest BCUT2D eigenvalue weighted by Gasteiger charge is 2.30. The van der Waals surface area contributed by atoms with Gasteiger partial charge in [-0.05, 0) is 31.7 Å². The van der Waals surface area contributed by atoms with Crippen molar-refractivity contribution in [2.45, 2.75) is 51.4 Å². The number of nitrogens with zero attached hydrogens (tertiary/aromatic N) is 3. The molecule has 0 bridgehead atoms. The molecular weight excluding hydrogens is 210 g/mol. The number of rotatable bonds is 3. The molecule has 0 saturated heterocycles. The van der Waals surface area contributed by atoms with E-state index in [1.165, 1.54) is 31.4 Å². The van der Waals surface area contributed by atoms with Crippen LogP contribution in [0.3, 0.4) is 0 Å². The van der Waals surface area contributed by atoms with E-state index < -0.39 is 0 Å². The van der Waals surface area contributed by atoms with Crippen LogP contribution in [0.15, 0.2) is 12.3 Å². The van der Waals surface area contributed by atoms with Crippen LogP contribution in [0.2, 0.25) is 0 Å². The molecule has 2 rings (SSSR count). The first-order valence-corrected chi connectivity index (χ1v) is 6.64. The quantitative estimate of drug-likeness (QED) is 0.749. The van der Waals surface area contributed by atoms with Gasteiger partial charge >= 0.3 is 0 Å². The Bertz CT molecular complexity index is 392. The third-order valence-electron chi connectivity index (χ3n) is 4.08. The van der Waals surface area contributed by atoms with Crippen LogP contribution in [0.4, 0.5) is 0 Å². The number of hydrogen-bond donors (Lipinski definition) is 0. The molecule has 0 spiro atoms. The van der Waals surface area contributed by atoms with Crippen LogP contribution in [-0.2, 0) is 13.5 Å². The van der Waals surface area contributed by atoms with Gasteiger partial charge in [0.05, 0.1) is 11.5 Å². The van der Waals surface area contributed by atoms with Crippen LogP contribution in [0.5, 0.6) is 0 Å². The molecule has 0 amide bonds. The minimum Gasteiger partial charge on any atom is -0.273 e. The highest BCUT2D eigenvalue weighted by Crippen LogP contribution is 2.38. The molecule has 1 fully saturated rings. The SMILES string of the molecule is Cn1nccc1CCC1(C#N)CCCCCC1. The van der Waals surface area contributed by atoms with Gasteiger partial charge in [-0.3, -0.25) is 4.68 Å². The highest BCUT2D eigenvalue weighted by molar-refractivity contribution is 5.05. The van der Waals surface area contributed by atoms with Gasteiger partial charge in [0.2, 0.25) is 0 Å². The summed E-state index contributed by atoms with van der Waals surface area (Å²) in [6.45, 7) is 0. The van der Waals surface area contributed by atoms with E-state index in [4.69, 9.17) is 0 Å². The lowest BCUT2D eigenvalue weighted by Crippen LogP contribution is -2.19. The Balaban J connectivity index is 1.99. The zero-order valence-electron chi connectivity index (χ0n) is 10.7. The van der Waals surface area contributed by atoms with E-state index in [2.05, 4.69) is 17.2 Å². The molecule has 1 saturated carbocycles. The van der Waals surface area contributed by atoms with E-state index in [0.29, 0.717) is 0 Å². The lowest BCUT2D eigenvalue weighted by Gasteiger charge is -2.24. The number of aryl methyl sites for hydroxylation is 2. The Labute approximate surface area is 103 Å². The predicted octanol–water partition coefficient (Wildman–Crippen LogP) is 3.22. The molecule has 0 atom stereocenters. The Kier molecular flexibility index (Phi) is 3.83. The first-order valence-electron chi connectivity index (χ1n) is 6.64. The predicted molar refractivity (Wildman–Crippen MR) is 67.3 cm³/mol. The maximum absolute atomic E-state index is 9.49. The smallest absolute Gasteiger partial charge is 0.0689 e. The third kappa shape index (κ3) is 2.88. The Morgan fingerprint density at radius 2 is 2.06 bits per heavy atom. The second-order valence-corrected chi connectivity index (χ2v) is 5.25. The Morgan fingerprint density at radius 1 is 1.35 bits per heavy atom. The van der Waals surface area contributed by atoms with Gasteiger partial charge in [0.15, 0.2) is 0 Å². The van der Waals surface area contributed by atoms with E-state index in [0.717, 1.165) is 25.7 Å². The van der Waals surface area contributed by atoms with E-state index in [1.54, 1.807) is 0 Å². The summed E-state index contributed by atoms with van der Waals surface area (Å²) in [4.78, 5) is 0. The number of hydrogen-bond acceptors (Lipinski definition) is 2. The van der Waals surface area contributed by atoms with Gasteiger partial charge in [0, 0.05) is 18.9 Å². The van der Waals surface area contributed by atoms with E-state index in [9.17, 15) is 5.26 Å². The summed E-state index contributed by atoms with van der Waals surface area (Å²) in [6, 6.07) is 4.67. The van der Waals surface area contributed by atoms with Crippen molar-refractivity contribution >= 4 is 0 Å². The summed E-state index contributed by atoms with van der Waals surface area (Å²) in [5.74, 6) is 0. The van der Waals surface area contributed by atoms with Crippen LogP contribution in [0.1, 0.15) is 50.6 Å². The lowest BCUT2D eigenvalue weighted by atomic mass is 9.77. The maximum atomic E-state index is 9.49. The minimum absolute atomic E-state index is 0.0687. The summed E-state index contributed by atoms with van der Waals surface area (Å²) < 4.78 is 1.92. The number of aromatic nitrogens is 2. The molecule has 0 unspecified atom stereocenters. The fraction of sp³-hybridized carbons (Fsp3) is 0.714. The van der Waals surface area contributed by atoms with Gasteiger partial charge in [-0.1, -0.05) is 25.7 Å². The van der Waals surface area contributed by atoms with E-state index in [-0.39, 0.29) is 5.41 Å². The van der Waals surface area contributed by atoms with Crippen LogP contribution in [0.25, 0.3) is 0 Å². The van der Waals surface area contributed by atoms with Gasteiger partial charge in [-0.25, -0.2) is 0 Å². The van der Waals surface area contributed by atoms with E-state index in [1.807, 2.05) is 17.9 Å². The van der Waals surface area contributed by atoms with Crippen molar-refractivity contribution in [3.8, 4) is 6.07 Å². The molecule has 1 heterocycles. The lowest BCUT2D eigenvalue weighted by molar-refractivity contribution is 0.313. The van der Waals surface area contributed by atoms with Gasteiger partial charge in [-0.15, -0.1) is 0 Å². The molecule has 3 nitrogen and oxygen atoms in total. The molecule has 92 valence electrons. The summed E-state index contributed by atoms with van der Waals surface area (Å²) in [5.41, 5.74) is 1.17. The summed E-state index contributed by atoms with van der Waals surface area (Å²) in [5, 5.41) is 13.7. The fourth-order valence-corrected chi connectivity index (χ4v) is 2.84. The zero-order valence-corrected chi connectivity index (χ0v) is 10.7. The van der Waals surface area contributed by atoms with Crippen LogP contribution < -0.4 is 0 Å². The van der Waals surface area contributed by atoms with Crippen molar-refractivity contribution < 1.29 is 0 Å². The molecule has 0 aliphatic heterocycles. The van der Waals surface area contributed by atoms with E-state index >= 15 is 0 Å². The molecule has 1 aliphatic carbocycles. The molecule has 0 radical (unpaired) electrons. The standard InChI is InChI=1S/C14H21N3/c1-17-13(7-11-16-17)6-10-14(12-15)8-4-2-3-5-9-14/h7,11H,2-6,8-10H2,1H3. The first-order chi connectivity index (χ1) is 8.26.